The van der Waals surface area contributed by atoms with Gasteiger partial charge < -0.3 is 4.74 Å². The molecule has 0 N–H and O–H groups in total. The van der Waals surface area contributed by atoms with Crippen LogP contribution in [0.4, 0.5) is 0 Å². The molecule has 2 heterocycles. The zero-order valence-electron chi connectivity index (χ0n) is 11.7. The first-order valence-electron chi connectivity index (χ1n) is 6.77. The molecule has 3 rings (SSSR count). The van der Waals surface area contributed by atoms with E-state index in [1.54, 1.807) is 39.9 Å². The average Bonchev–Trinajstić information content (AvgIpc) is 3.18. The fourth-order valence-electron chi connectivity index (χ4n) is 2.64. The molecular weight excluding hydrogens is 306 g/mol. The lowest BCUT2D eigenvalue weighted by Crippen LogP contribution is -2.28. The lowest BCUT2D eigenvalue weighted by Gasteiger charge is -2.17. The van der Waals surface area contributed by atoms with Crippen LogP contribution in [0, 0.1) is 0 Å². The summed E-state index contributed by atoms with van der Waals surface area (Å²) in [6, 6.07) is 8.73. The Balaban J connectivity index is 1.83. The number of sulfonamides is 1. The largest absolute Gasteiger partial charge is 0.497 e. The fourth-order valence-corrected chi connectivity index (χ4v) is 4.91. The third kappa shape index (κ3) is 2.84. The molecule has 0 saturated carbocycles. The van der Waals surface area contributed by atoms with E-state index < -0.39 is 10.0 Å². The second-order valence-electron chi connectivity index (χ2n) is 5.08. The number of rotatable bonds is 4. The summed E-state index contributed by atoms with van der Waals surface area (Å²) in [5.41, 5.74) is 1.24. The van der Waals surface area contributed by atoms with Crippen LogP contribution in [0.1, 0.15) is 17.9 Å². The second kappa shape index (κ2) is 5.79. The van der Waals surface area contributed by atoms with Crippen molar-refractivity contribution in [1.82, 2.24) is 4.31 Å². The minimum atomic E-state index is -3.44. The van der Waals surface area contributed by atoms with Crippen molar-refractivity contribution in [1.29, 1.82) is 0 Å². The summed E-state index contributed by atoms with van der Waals surface area (Å²) in [5, 5.41) is 4.14. The molecule has 0 spiro atoms. The van der Waals surface area contributed by atoms with Crippen LogP contribution in [-0.4, -0.2) is 32.9 Å². The van der Waals surface area contributed by atoms with Gasteiger partial charge in [0, 0.05) is 19.2 Å². The van der Waals surface area contributed by atoms with Gasteiger partial charge in [-0.15, -0.1) is 0 Å². The average molecular weight is 323 g/mol. The number of nitrogens with zero attached hydrogens (tertiary/aromatic N) is 1. The summed E-state index contributed by atoms with van der Waals surface area (Å²) < 4.78 is 32.1. The summed E-state index contributed by atoms with van der Waals surface area (Å²) in [7, 11) is -1.90. The predicted molar refractivity (Wildman–Crippen MR) is 83.4 cm³/mol. The van der Waals surface area contributed by atoms with E-state index in [-0.39, 0.29) is 0 Å². The molecule has 1 atom stereocenters. The number of hydrogen-bond acceptors (Lipinski definition) is 4. The Morgan fingerprint density at radius 1 is 1.33 bits per heavy atom. The maximum absolute atomic E-state index is 12.7. The van der Waals surface area contributed by atoms with Crippen LogP contribution < -0.4 is 4.74 Å². The highest BCUT2D eigenvalue weighted by atomic mass is 32.2. The lowest BCUT2D eigenvalue weighted by atomic mass is 10.0. The quantitative estimate of drug-likeness (QED) is 0.869. The molecule has 1 aromatic carbocycles. The molecule has 2 aromatic rings. The molecule has 1 unspecified atom stereocenters. The van der Waals surface area contributed by atoms with Crippen molar-refractivity contribution < 1.29 is 13.2 Å². The Morgan fingerprint density at radius 2 is 2.19 bits per heavy atom. The molecule has 4 nitrogen and oxygen atoms in total. The van der Waals surface area contributed by atoms with Gasteiger partial charge in [0.05, 0.1) is 12.0 Å². The molecule has 21 heavy (non-hydrogen) atoms. The maximum atomic E-state index is 12.7. The molecule has 0 amide bonds. The summed E-state index contributed by atoms with van der Waals surface area (Å²) in [6.45, 7) is 1.12. The highest BCUT2D eigenvalue weighted by Crippen LogP contribution is 2.32. The van der Waals surface area contributed by atoms with Crippen LogP contribution >= 0.6 is 11.3 Å². The van der Waals surface area contributed by atoms with E-state index in [1.165, 1.54) is 12.7 Å². The van der Waals surface area contributed by atoms with Gasteiger partial charge in [0.25, 0.3) is 0 Å². The summed E-state index contributed by atoms with van der Waals surface area (Å²) >= 11 is 1.65. The van der Waals surface area contributed by atoms with Crippen molar-refractivity contribution in [3.63, 3.8) is 0 Å². The summed E-state index contributed by atoms with van der Waals surface area (Å²) in [5.74, 6) is 0.862. The highest BCUT2D eigenvalue weighted by Gasteiger charge is 2.33. The molecular formula is C15H17NO3S2. The predicted octanol–water partition coefficient (Wildman–Crippen LogP) is 2.93. The Kier molecular flexibility index (Phi) is 4.01. The van der Waals surface area contributed by atoms with Crippen molar-refractivity contribution in [3.05, 3.63) is 46.7 Å². The first-order valence-corrected chi connectivity index (χ1v) is 9.16. The summed E-state index contributed by atoms with van der Waals surface area (Å²) in [6.07, 6.45) is 0.875. The van der Waals surface area contributed by atoms with E-state index in [9.17, 15) is 8.42 Å². The van der Waals surface area contributed by atoms with Gasteiger partial charge in [0.2, 0.25) is 10.0 Å². The van der Waals surface area contributed by atoms with Crippen molar-refractivity contribution in [2.75, 3.05) is 20.2 Å². The van der Waals surface area contributed by atoms with E-state index in [1.807, 2.05) is 5.38 Å². The SMILES string of the molecule is COc1cccc(S(=O)(=O)N2CCC(c3ccsc3)C2)c1. The van der Waals surface area contributed by atoms with Gasteiger partial charge in [-0.25, -0.2) is 8.42 Å². The normalized spacial score (nSPS) is 19.8. The van der Waals surface area contributed by atoms with Gasteiger partial charge in [-0.2, -0.15) is 15.6 Å². The van der Waals surface area contributed by atoms with Gasteiger partial charge in [-0.3, -0.25) is 0 Å². The minimum absolute atomic E-state index is 0.299. The van der Waals surface area contributed by atoms with E-state index in [2.05, 4.69) is 11.4 Å². The molecule has 1 fully saturated rings. The van der Waals surface area contributed by atoms with Gasteiger partial charge in [-0.1, -0.05) is 6.07 Å². The topological polar surface area (TPSA) is 46.6 Å². The van der Waals surface area contributed by atoms with E-state index in [0.717, 1.165) is 6.42 Å². The third-order valence-corrected chi connectivity index (χ3v) is 6.41. The number of methoxy groups -OCH3 is 1. The molecule has 1 aromatic heterocycles. The molecule has 0 aliphatic carbocycles. The Hall–Kier alpha value is -1.37. The van der Waals surface area contributed by atoms with Crippen molar-refractivity contribution in [2.24, 2.45) is 0 Å². The van der Waals surface area contributed by atoms with Crippen molar-refractivity contribution >= 4 is 21.4 Å². The number of benzene rings is 1. The Morgan fingerprint density at radius 3 is 2.90 bits per heavy atom. The second-order valence-corrected chi connectivity index (χ2v) is 7.80. The van der Waals surface area contributed by atoms with Gasteiger partial charge in [0.15, 0.2) is 0 Å². The van der Waals surface area contributed by atoms with Crippen molar-refractivity contribution in [2.45, 2.75) is 17.2 Å². The maximum Gasteiger partial charge on any atom is 0.243 e. The van der Waals surface area contributed by atoms with Crippen LogP contribution in [0.15, 0.2) is 46.0 Å². The van der Waals surface area contributed by atoms with E-state index in [0.29, 0.717) is 29.7 Å². The van der Waals surface area contributed by atoms with Crippen molar-refractivity contribution in [3.8, 4) is 5.75 Å². The first kappa shape index (κ1) is 14.6. The molecule has 6 heteroatoms. The fraction of sp³-hybridized carbons (Fsp3) is 0.333. The molecule has 0 radical (unpaired) electrons. The van der Waals surface area contributed by atoms with E-state index >= 15 is 0 Å². The zero-order valence-corrected chi connectivity index (χ0v) is 13.4. The monoisotopic (exact) mass is 323 g/mol. The number of thiophene rings is 1. The highest BCUT2D eigenvalue weighted by molar-refractivity contribution is 7.89. The molecule has 1 aliphatic rings. The van der Waals surface area contributed by atoms with Crippen LogP contribution in [-0.2, 0) is 10.0 Å². The lowest BCUT2D eigenvalue weighted by molar-refractivity contribution is 0.412. The molecule has 0 bridgehead atoms. The Bertz CT molecular complexity index is 710. The third-order valence-electron chi connectivity index (χ3n) is 3.84. The van der Waals surface area contributed by atoms with E-state index in [4.69, 9.17) is 4.74 Å². The van der Waals surface area contributed by atoms with Crippen LogP contribution in [0.3, 0.4) is 0 Å². The minimum Gasteiger partial charge on any atom is -0.497 e. The number of hydrogen-bond donors (Lipinski definition) is 0. The molecule has 1 aliphatic heterocycles. The van der Waals surface area contributed by atoms with Gasteiger partial charge >= 0.3 is 0 Å². The van der Waals surface area contributed by atoms with Crippen LogP contribution in [0.5, 0.6) is 5.75 Å². The van der Waals surface area contributed by atoms with Gasteiger partial charge in [0.1, 0.15) is 5.75 Å². The van der Waals surface area contributed by atoms with Crippen LogP contribution in [0.2, 0.25) is 0 Å². The standard InChI is InChI=1S/C15H17NO3S2/c1-19-14-3-2-4-15(9-14)21(17,18)16-7-5-12(10-16)13-6-8-20-11-13/h2-4,6,8-9,11-12H,5,7,10H2,1H3. The zero-order chi connectivity index (χ0) is 14.9. The van der Waals surface area contributed by atoms with Crippen LogP contribution in [0.25, 0.3) is 0 Å². The number of ether oxygens (including phenoxy) is 1. The summed E-state index contributed by atoms with van der Waals surface area (Å²) in [4.78, 5) is 0.299. The Labute approximate surface area is 129 Å². The smallest absolute Gasteiger partial charge is 0.243 e. The molecule has 112 valence electrons. The van der Waals surface area contributed by atoms with Gasteiger partial charge in [-0.05, 0) is 46.9 Å². The molecule has 1 saturated heterocycles. The first-order chi connectivity index (χ1) is 10.1.